The molecule has 0 atom stereocenters. The van der Waals surface area contributed by atoms with Gasteiger partial charge < -0.3 is 10.1 Å². The lowest BCUT2D eigenvalue weighted by molar-refractivity contribution is -0.140. The number of ether oxygens (including phenoxy) is 1. The number of carbonyl (C=O) groups is 2. The summed E-state index contributed by atoms with van der Waals surface area (Å²) in [5.41, 5.74) is 0. The Labute approximate surface area is 95.1 Å². The van der Waals surface area contributed by atoms with E-state index in [9.17, 15) is 9.59 Å². The van der Waals surface area contributed by atoms with Crippen LogP contribution in [0.2, 0.25) is 0 Å². The summed E-state index contributed by atoms with van der Waals surface area (Å²) >= 11 is 1.62. The minimum atomic E-state index is -0.297. The van der Waals surface area contributed by atoms with Gasteiger partial charge in [-0.3, -0.25) is 9.59 Å². The Morgan fingerprint density at radius 1 is 1.40 bits per heavy atom. The summed E-state index contributed by atoms with van der Waals surface area (Å²) in [7, 11) is 1.34. The molecule has 5 heteroatoms. The number of methoxy groups -OCH3 is 1. The lowest BCUT2D eigenvalue weighted by atomic mass is 10.4. The van der Waals surface area contributed by atoms with Crippen LogP contribution in [0, 0.1) is 0 Å². The molecule has 0 saturated heterocycles. The number of thioether (sulfide) groups is 1. The maximum Gasteiger partial charge on any atom is 0.307 e. The number of hydrogen-bond donors (Lipinski definition) is 1. The summed E-state index contributed by atoms with van der Waals surface area (Å²) < 4.78 is 4.45. The monoisotopic (exact) mass is 233 g/mol. The lowest BCUT2D eigenvalue weighted by Crippen LogP contribution is -2.27. The second-order valence-electron chi connectivity index (χ2n) is 3.08. The van der Waals surface area contributed by atoms with Crippen molar-refractivity contribution < 1.29 is 14.3 Å². The average molecular weight is 233 g/mol. The fourth-order valence-corrected chi connectivity index (χ4v) is 1.79. The molecule has 4 nitrogen and oxygen atoms in total. The Kier molecular flexibility index (Phi) is 9.36. The minimum Gasteiger partial charge on any atom is -0.469 e. The fraction of sp³-hybridized carbons (Fsp3) is 0.800. The van der Waals surface area contributed by atoms with Crippen molar-refractivity contribution in [3.63, 3.8) is 0 Å². The zero-order valence-electron chi connectivity index (χ0n) is 9.38. The molecule has 0 unspecified atom stereocenters. The van der Waals surface area contributed by atoms with Crippen LogP contribution in [0.5, 0.6) is 0 Å². The van der Waals surface area contributed by atoms with E-state index in [0.717, 1.165) is 18.6 Å². The molecule has 15 heavy (non-hydrogen) atoms. The highest BCUT2D eigenvalue weighted by molar-refractivity contribution is 7.99. The number of unbranched alkanes of at least 4 members (excludes halogenated alkanes) is 1. The quantitative estimate of drug-likeness (QED) is 0.505. The Bertz CT molecular complexity index is 197. The normalized spacial score (nSPS) is 9.73. The van der Waals surface area contributed by atoms with Gasteiger partial charge in [0.05, 0.1) is 19.3 Å². The molecular formula is C10H19NO3S. The van der Waals surface area contributed by atoms with E-state index in [0.29, 0.717) is 12.3 Å². The van der Waals surface area contributed by atoms with Crippen LogP contribution in [-0.2, 0) is 14.3 Å². The Morgan fingerprint density at radius 2 is 2.13 bits per heavy atom. The first-order valence-corrected chi connectivity index (χ1v) is 6.27. The standard InChI is InChI=1S/C10H19NO3S/c1-3-4-7-15-8-9(12)11-6-5-10(13)14-2/h3-8H2,1-2H3,(H,11,12). The van der Waals surface area contributed by atoms with E-state index in [-0.39, 0.29) is 18.3 Å². The van der Waals surface area contributed by atoms with Crippen LogP contribution in [0.4, 0.5) is 0 Å². The van der Waals surface area contributed by atoms with E-state index in [4.69, 9.17) is 0 Å². The number of esters is 1. The summed E-state index contributed by atoms with van der Waals surface area (Å²) in [4.78, 5) is 21.9. The van der Waals surface area contributed by atoms with Gasteiger partial charge in [-0.25, -0.2) is 0 Å². The van der Waals surface area contributed by atoms with Gasteiger partial charge >= 0.3 is 5.97 Å². The number of hydrogen-bond acceptors (Lipinski definition) is 4. The fourth-order valence-electron chi connectivity index (χ4n) is 0.868. The minimum absolute atomic E-state index is 0.0139. The largest absolute Gasteiger partial charge is 0.469 e. The van der Waals surface area contributed by atoms with E-state index in [2.05, 4.69) is 17.0 Å². The van der Waals surface area contributed by atoms with Gasteiger partial charge in [0.25, 0.3) is 0 Å². The van der Waals surface area contributed by atoms with Crippen LogP contribution >= 0.6 is 11.8 Å². The van der Waals surface area contributed by atoms with Gasteiger partial charge in [-0.15, -0.1) is 0 Å². The van der Waals surface area contributed by atoms with E-state index >= 15 is 0 Å². The predicted molar refractivity (Wildman–Crippen MR) is 61.9 cm³/mol. The number of amides is 1. The van der Waals surface area contributed by atoms with Gasteiger partial charge in [0.15, 0.2) is 0 Å². The third-order valence-corrected chi connectivity index (χ3v) is 2.80. The van der Waals surface area contributed by atoms with Crippen molar-refractivity contribution in [1.29, 1.82) is 0 Å². The molecular weight excluding hydrogens is 214 g/mol. The van der Waals surface area contributed by atoms with Crippen molar-refractivity contribution in [2.45, 2.75) is 26.2 Å². The molecule has 88 valence electrons. The number of rotatable bonds is 8. The molecule has 1 N–H and O–H groups in total. The summed E-state index contributed by atoms with van der Waals surface area (Å²) in [6.45, 7) is 2.48. The maximum absolute atomic E-state index is 11.2. The molecule has 1 amide bonds. The van der Waals surface area contributed by atoms with E-state index in [1.54, 1.807) is 11.8 Å². The van der Waals surface area contributed by atoms with Gasteiger partial charge in [-0.2, -0.15) is 11.8 Å². The van der Waals surface area contributed by atoms with Crippen LogP contribution in [0.1, 0.15) is 26.2 Å². The highest BCUT2D eigenvalue weighted by Gasteiger charge is 2.03. The first-order valence-electron chi connectivity index (χ1n) is 5.12. The molecule has 0 fully saturated rings. The molecule has 0 aliphatic rings. The molecule has 0 aromatic heterocycles. The van der Waals surface area contributed by atoms with Crippen molar-refractivity contribution in [3.8, 4) is 0 Å². The summed E-state index contributed by atoms with van der Waals surface area (Å²) in [6, 6.07) is 0. The molecule has 0 aliphatic heterocycles. The molecule has 0 aromatic rings. The Morgan fingerprint density at radius 3 is 2.73 bits per heavy atom. The smallest absolute Gasteiger partial charge is 0.307 e. The summed E-state index contributed by atoms with van der Waals surface area (Å²) in [6.07, 6.45) is 2.53. The molecule has 0 rings (SSSR count). The number of nitrogens with one attached hydrogen (secondary N) is 1. The SMILES string of the molecule is CCCCSCC(=O)NCCC(=O)OC. The van der Waals surface area contributed by atoms with E-state index in [1.807, 2.05) is 0 Å². The number of carbonyl (C=O) groups excluding carboxylic acids is 2. The average Bonchev–Trinajstić information content (AvgIpc) is 2.24. The van der Waals surface area contributed by atoms with Crippen LogP contribution in [-0.4, -0.2) is 37.0 Å². The van der Waals surface area contributed by atoms with Gasteiger partial charge in [0.2, 0.25) is 5.91 Å². The second-order valence-corrected chi connectivity index (χ2v) is 4.19. The lowest BCUT2D eigenvalue weighted by Gasteiger charge is -2.03. The van der Waals surface area contributed by atoms with E-state index < -0.39 is 0 Å². The molecule has 0 saturated carbocycles. The first-order chi connectivity index (χ1) is 7.20. The molecule has 0 bridgehead atoms. The highest BCUT2D eigenvalue weighted by atomic mass is 32.2. The summed E-state index contributed by atoms with van der Waals surface area (Å²) in [5.74, 6) is 1.18. The second kappa shape index (κ2) is 9.83. The zero-order chi connectivity index (χ0) is 11.5. The summed E-state index contributed by atoms with van der Waals surface area (Å²) in [5, 5.41) is 2.66. The van der Waals surface area contributed by atoms with Crippen LogP contribution < -0.4 is 5.32 Å². The predicted octanol–water partition coefficient (Wildman–Crippen LogP) is 1.20. The molecule has 0 spiro atoms. The molecule has 0 radical (unpaired) electrons. The highest BCUT2D eigenvalue weighted by Crippen LogP contribution is 2.03. The first kappa shape index (κ1) is 14.3. The van der Waals surface area contributed by atoms with E-state index in [1.165, 1.54) is 7.11 Å². The van der Waals surface area contributed by atoms with Gasteiger partial charge in [0.1, 0.15) is 0 Å². The topological polar surface area (TPSA) is 55.4 Å². The zero-order valence-corrected chi connectivity index (χ0v) is 10.2. The molecule has 0 aliphatic carbocycles. The molecule has 0 heterocycles. The van der Waals surface area contributed by atoms with Gasteiger partial charge in [-0.1, -0.05) is 13.3 Å². The third-order valence-electron chi connectivity index (χ3n) is 1.75. The van der Waals surface area contributed by atoms with Crippen LogP contribution in [0.25, 0.3) is 0 Å². The maximum atomic E-state index is 11.2. The van der Waals surface area contributed by atoms with Crippen molar-refractivity contribution in [2.24, 2.45) is 0 Å². The van der Waals surface area contributed by atoms with Crippen molar-refractivity contribution in [3.05, 3.63) is 0 Å². The Balaban J connectivity index is 3.29. The molecule has 0 aromatic carbocycles. The van der Waals surface area contributed by atoms with Crippen molar-refractivity contribution >= 4 is 23.6 Å². The van der Waals surface area contributed by atoms with Crippen molar-refractivity contribution in [1.82, 2.24) is 5.32 Å². The van der Waals surface area contributed by atoms with Gasteiger partial charge in [-0.05, 0) is 12.2 Å². The van der Waals surface area contributed by atoms with Crippen molar-refractivity contribution in [2.75, 3.05) is 25.2 Å². The third kappa shape index (κ3) is 9.59. The van der Waals surface area contributed by atoms with Crippen LogP contribution in [0.3, 0.4) is 0 Å². The van der Waals surface area contributed by atoms with Crippen LogP contribution in [0.15, 0.2) is 0 Å². The Hall–Kier alpha value is -0.710. The van der Waals surface area contributed by atoms with Gasteiger partial charge in [0, 0.05) is 6.54 Å².